The minimum absolute atomic E-state index is 0.160. The molecule has 172 valence electrons. The number of carbonyl (C=O) groups is 1. The molecule has 9 heteroatoms. The average molecular weight is 463 g/mol. The van der Waals surface area contributed by atoms with Gasteiger partial charge >= 0.3 is 6.03 Å². The molecular weight excluding hydrogens is 435 g/mol. The molecule has 0 bridgehead atoms. The summed E-state index contributed by atoms with van der Waals surface area (Å²) in [5.74, 6) is 0.273. The van der Waals surface area contributed by atoms with Crippen LogP contribution < -0.4 is 10.0 Å². The molecule has 3 aliphatic rings. The van der Waals surface area contributed by atoms with Crippen LogP contribution in [0.5, 0.6) is 0 Å². The topological polar surface area (TPSA) is 109 Å². The van der Waals surface area contributed by atoms with E-state index >= 15 is 0 Å². The molecule has 2 amide bonds. The average Bonchev–Trinajstić information content (AvgIpc) is 3.46. The van der Waals surface area contributed by atoms with E-state index in [1.54, 1.807) is 6.92 Å². The van der Waals surface area contributed by atoms with E-state index in [1.807, 2.05) is 4.72 Å². The molecule has 0 saturated heterocycles. The van der Waals surface area contributed by atoms with E-state index in [2.05, 4.69) is 5.32 Å². The van der Waals surface area contributed by atoms with Gasteiger partial charge in [-0.15, -0.1) is 0 Å². The van der Waals surface area contributed by atoms with Crippen molar-refractivity contribution < 1.29 is 27.1 Å². The smallest absolute Gasteiger partial charge is 0.333 e. The first-order valence-corrected chi connectivity index (χ1v) is 12.7. The molecule has 1 aromatic heterocycles. The van der Waals surface area contributed by atoms with Gasteiger partial charge in [0.05, 0.1) is 5.60 Å². The predicted molar refractivity (Wildman–Crippen MR) is 116 cm³/mol. The number of rotatable bonds is 3. The summed E-state index contributed by atoms with van der Waals surface area (Å²) in [6.45, 7) is 1.64. The van der Waals surface area contributed by atoms with Crippen LogP contribution in [-0.4, -0.2) is 19.6 Å². The molecule has 0 saturated carbocycles. The highest BCUT2D eigenvalue weighted by molar-refractivity contribution is 7.89. The van der Waals surface area contributed by atoms with Crippen molar-refractivity contribution in [3.8, 4) is 0 Å². The second-order valence-corrected chi connectivity index (χ2v) is 10.9. The number of fused-ring (bicyclic) bond motifs is 3. The second-order valence-electron chi connectivity index (χ2n) is 9.25. The summed E-state index contributed by atoms with van der Waals surface area (Å²) in [7, 11) is -4.29. The first-order chi connectivity index (χ1) is 15.2. The van der Waals surface area contributed by atoms with E-state index in [9.17, 15) is 22.7 Å². The molecule has 3 aliphatic carbocycles. The zero-order valence-electron chi connectivity index (χ0n) is 18.0. The maximum atomic E-state index is 14.8. The van der Waals surface area contributed by atoms with Crippen LogP contribution in [0.3, 0.4) is 0 Å². The lowest BCUT2D eigenvalue weighted by molar-refractivity contribution is 0.0468. The molecule has 3 N–H and O–H groups in total. The van der Waals surface area contributed by atoms with Crippen LogP contribution in [0.2, 0.25) is 0 Å². The highest BCUT2D eigenvalue weighted by Crippen LogP contribution is 2.41. The normalized spacial score (nSPS) is 22.1. The lowest BCUT2D eigenvalue weighted by Crippen LogP contribution is -2.35. The molecule has 0 fully saturated rings. The minimum Gasteiger partial charge on any atom is -0.447 e. The quantitative estimate of drug-likeness (QED) is 0.601. The zero-order valence-corrected chi connectivity index (χ0v) is 18.8. The summed E-state index contributed by atoms with van der Waals surface area (Å²) in [5.41, 5.74) is 2.65. The molecule has 1 atom stereocenters. The van der Waals surface area contributed by atoms with E-state index in [1.165, 1.54) is 6.07 Å². The number of sulfonamides is 1. The van der Waals surface area contributed by atoms with Gasteiger partial charge in [-0.2, -0.15) is 8.42 Å². The third-order valence-corrected chi connectivity index (χ3v) is 8.17. The fraction of sp³-hybridized carbons (Fsp3) is 0.522. The van der Waals surface area contributed by atoms with Gasteiger partial charge in [-0.3, -0.25) is 0 Å². The summed E-state index contributed by atoms with van der Waals surface area (Å²) in [6, 6.07) is 0.405. The van der Waals surface area contributed by atoms with Gasteiger partial charge in [-0.25, -0.2) is 13.9 Å². The molecule has 0 radical (unpaired) electrons. The van der Waals surface area contributed by atoms with Crippen LogP contribution in [0.15, 0.2) is 15.6 Å². The Labute approximate surface area is 186 Å². The monoisotopic (exact) mass is 462 g/mol. The number of anilines is 1. The van der Waals surface area contributed by atoms with Crippen molar-refractivity contribution in [2.75, 3.05) is 5.32 Å². The Bertz CT molecular complexity index is 1180. The molecule has 1 aromatic carbocycles. The van der Waals surface area contributed by atoms with Crippen LogP contribution in [0.4, 0.5) is 14.9 Å². The zero-order chi connectivity index (χ0) is 22.7. The first-order valence-electron chi connectivity index (χ1n) is 11.2. The maximum absolute atomic E-state index is 14.8. The van der Waals surface area contributed by atoms with Gasteiger partial charge in [0.15, 0.2) is 0 Å². The van der Waals surface area contributed by atoms with Gasteiger partial charge in [0.1, 0.15) is 11.6 Å². The van der Waals surface area contributed by atoms with Crippen molar-refractivity contribution in [1.82, 2.24) is 4.72 Å². The third kappa shape index (κ3) is 3.51. The number of amides is 2. The summed E-state index contributed by atoms with van der Waals surface area (Å²) in [6.07, 6.45) is 6.81. The number of urea groups is 1. The lowest BCUT2D eigenvalue weighted by Gasteiger charge is -2.20. The number of hydrogen-bond donors (Lipinski definition) is 3. The summed E-state index contributed by atoms with van der Waals surface area (Å²) < 4.78 is 48.1. The summed E-state index contributed by atoms with van der Waals surface area (Å²) >= 11 is 0. The number of carbonyl (C=O) groups excluding carboxylic acids is 1. The van der Waals surface area contributed by atoms with Crippen LogP contribution in [-0.2, 0) is 47.7 Å². The lowest BCUT2D eigenvalue weighted by atomic mass is 9.94. The number of furan rings is 1. The van der Waals surface area contributed by atoms with E-state index in [0.29, 0.717) is 66.7 Å². The van der Waals surface area contributed by atoms with Gasteiger partial charge in [0.2, 0.25) is 5.09 Å². The largest absolute Gasteiger partial charge is 0.447 e. The van der Waals surface area contributed by atoms with Gasteiger partial charge in [0, 0.05) is 23.7 Å². The van der Waals surface area contributed by atoms with E-state index < -0.39 is 26.7 Å². The van der Waals surface area contributed by atoms with Gasteiger partial charge in [-0.1, -0.05) is 0 Å². The standard InChI is InChI=1S/C23H27FN2O5S/c1-23(28)11-3-2-10-18-17(23)12-19(31-18)32(29,30)26-22(27)25-21-15-8-4-6-13(15)20(24)14-7-5-9-16(14)21/h12,28H,2-11H2,1H3,(H2,25,26,27). The molecule has 32 heavy (non-hydrogen) atoms. The Morgan fingerprint density at radius 1 is 1.03 bits per heavy atom. The predicted octanol–water partition coefficient (Wildman–Crippen LogP) is 3.84. The van der Waals surface area contributed by atoms with Gasteiger partial charge in [-0.05, 0) is 87.0 Å². The third-order valence-electron chi connectivity index (χ3n) is 6.98. The van der Waals surface area contributed by atoms with Crippen LogP contribution in [0.25, 0.3) is 0 Å². The first kappa shape index (κ1) is 21.5. The number of nitrogens with one attached hydrogen (secondary N) is 2. The Kier molecular flexibility index (Phi) is 5.09. The Morgan fingerprint density at radius 2 is 1.66 bits per heavy atom. The molecule has 0 spiro atoms. The summed E-state index contributed by atoms with van der Waals surface area (Å²) in [5, 5.41) is 13.0. The molecular formula is C23H27FN2O5S. The van der Waals surface area contributed by atoms with Crippen LogP contribution in [0, 0.1) is 5.82 Å². The molecule has 5 rings (SSSR count). The molecule has 2 aromatic rings. The Hall–Kier alpha value is -2.39. The molecule has 0 aliphatic heterocycles. The van der Waals surface area contributed by atoms with E-state index in [-0.39, 0.29) is 5.82 Å². The van der Waals surface area contributed by atoms with Crippen LogP contribution >= 0.6 is 0 Å². The maximum Gasteiger partial charge on any atom is 0.333 e. The SMILES string of the molecule is CC1(O)CCCCc2oc(S(=O)(=O)NC(=O)Nc3c4c(c(F)c5c3CCC5)CCC4)cc21. The number of aryl methyl sites for hydroxylation is 1. The molecule has 1 unspecified atom stereocenters. The fourth-order valence-corrected chi connectivity index (χ4v) is 6.30. The molecule has 1 heterocycles. The second kappa shape index (κ2) is 7.59. The number of halogens is 1. The Balaban J connectivity index is 1.41. The highest BCUT2D eigenvalue weighted by Gasteiger charge is 2.35. The molecule has 7 nitrogen and oxygen atoms in total. The van der Waals surface area contributed by atoms with Crippen molar-refractivity contribution in [3.05, 3.63) is 45.5 Å². The van der Waals surface area contributed by atoms with Crippen LogP contribution in [0.1, 0.15) is 72.6 Å². The van der Waals surface area contributed by atoms with Crippen molar-refractivity contribution in [2.24, 2.45) is 0 Å². The van der Waals surface area contributed by atoms with Crippen molar-refractivity contribution >= 4 is 21.7 Å². The number of hydrogen-bond acceptors (Lipinski definition) is 5. The van der Waals surface area contributed by atoms with Crippen molar-refractivity contribution in [3.63, 3.8) is 0 Å². The van der Waals surface area contributed by atoms with Gasteiger partial charge in [0.25, 0.3) is 10.0 Å². The number of benzene rings is 1. The highest BCUT2D eigenvalue weighted by atomic mass is 32.2. The van der Waals surface area contributed by atoms with E-state index in [4.69, 9.17) is 4.42 Å². The van der Waals surface area contributed by atoms with Gasteiger partial charge < -0.3 is 14.8 Å². The number of aliphatic hydroxyl groups is 1. The fourth-order valence-electron chi connectivity index (χ4n) is 5.42. The van der Waals surface area contributed by atoms with Crippen molar-refractivity contribution in [2.45, 2.75) is 81.8 Å². The minimum atomic E-state index is -4.29. The summed E-state index contributed by atoms with van der Waals surface area (Å²) in [4.78, 5) is 12.7. The van der Waals surface area contributed by atoms with E-state index in [0.717, 1.165) is 36.8 Å². The Morgan fingerprint density at radius 3 is 2.31 bits per heavy atom. The van der Waals surface area contributed by atoms with Crippen molar-refractivity contribution in [1.29, 1.82) is 0 Å².